The molecule has 0 aromatic rings. The van der Waals surface area contributed by atoms with E-state index in [-0.39, 0.29) is 32.2 Å². The first kappa shape index (κ1) is 73.3. The van der Waals surface area contributed by atoms with Crippen molar-refractivity contribution in [3.8, 4) is 0 Å². The van der Waals surface area contributed by atoms with E-state index in [0.717, 1.165) is 38.5 Å². The molecule has 0 radical (unpaired) electrons. The van der Waals surface area contributed by atoms with Crippen LogP contribution in [0.5, 0.6) is 0 Å². The van der Waals surface area contributed by atoms with Crippen LogP contribution in [0.15, 0.2) is 0 Å². The molecule has 0 bridgehead atoms. The van der Waals surface area contributed by atoms with Gasteiger partial charge in [0, 0.05) is 12.8 Å². The van der Waals surface area contributed by atoms with Gasteiger partial charge in [0.2, 0.25) is 0 Å². The van der Waals surface area contributed by atoms with E-state index in [2.05, 4.69) is 13.8 Å². The number of hydrogen-bond acceptors (Lipinski definition) is 8. The van der Waals surface area contributed by atoms with E-state index in [0.29, 0.717) is 17.4 Å². The number of carboxylic acids is 1. The maximum Gasteiger partial charge on any atom is 0.306 e. The van der Waals surface area contributed by atoms with Gasteiger partial charge in [-0.15, -0.1) is 0 Å². The molecule has 0 N–H and O–H groups in total. The summed E-state index contributed by atoms with van der Waals surface area (Å²) in [4.78, 5) is 37.4. The summed E-state index contributed by atoms with van der Waals surface area (Å²) in [7, 11) is 5.95. The van der Waals surface area contributed by atoms with E-state index in [9.17, 15) is 19.5 Å². The van der Waals surface area contributed by atoms with Crippen molar-refractivity contribution in [3.05, 3.63) is 0 Å². The highest BCUT2D eigenvalue weighted by Crippen LogP contribution is 2.19. The van der Waals surface area contributed by atoms with Crippen LogP contribution in [0, 0.1) is 0 Å². The number of rotatable bonds is 63. The maximum atomic E-state index is 12.9. The Morgan fingerprint density at radius 1 is 0.347 bits per heavy atom. The van der Waals surface area contributed by atoms with Crippen molar-refractivity contribution >= 4 is 17.9 Å². The molecular formula is C66H129NO8. The Morgan fingerprint density at radius 2 is 0.600 bits per heavy atom. The number of hydrogen-bond donors (Lipinski definition) is 0. The summed E-state index contributed by atoms with van der Waals surface area (Å²) >= 11 is 0. The molecular weight excluding hydrogens is 935 g/mol. The Hall–Kier alpha value is -1.71. The van der Waals surface area contributed by atoms with Crippen molar-refractivity contribution in [1.82, 2.24) is 0 Å². The number of ether oxygens (including phenoxy) is 4. The van der Waals surface area contributed by atoms with Crippen molar-refractivity contribution in [2.45, 2.75) is 360 Å². The second kappa shape index (κ2) is 58.4. The molecule has 2 atom stereocenters. The summed E-state index contributed by atoms with van der Waals surface area (Å²) < 4.78 is 22.8. The Kier molecular flexibility index (Phi) is 57.1. The van der Waals surface area contributed by atoms with Gasteiger partial charge < -0.3 is 33.3 Å². The average molecular weight is 1060 g/mol. The molecule has 0 aromatic heterocycles. The topological polar surface area (TPSA) is 111 Å². The molecule has 2 unspecified atom stereocenters. The highest BCUT2D eigenvalue weighted by atomic mass is 16.7. The Balaban J connectivity index is 4.09. The lowest BCUT2D eigenvalue weighted by molar-refractivity contribution is -0.870. The Bertz CT molecular complexity index is 1190. The van der Waals surface area contributed by atoms with E-state index in [4.69, 9.17) is 18.9 Å². The van der Waals surface area contributed by atoms with Gasteiger partial charge >= 0.3 is 11.9 Å². The van der Waals surface area contributed by atoms with Crippen molar-refractivity contribution in [3.63, 3.8) is 0 Å². The van der Waals surface area contributed by atoms with Crippen LogP contribution in [0.25, 0.3) is 0 Å². The van der Waals surface area contributed by atoms with Crippen LogP contribution < -0.4 is 5.11 Å². The van der Waals surface area contributed by atoms with E-state index in [1.165, 1.54) is 283 Å². The summed E-state index contributed by atoms with van der Waals surface area (Å²) in [5, 5.41) is 11.8. The van der Waals surface area contributed by atoms with Gasteiger partial charge in [-0.3, -0.25) is 9.59 Å². The predicted octanol–water partition coefficient (Wildman–Crippen LogP) is 18.6. The second-order valence-corrected chi connectivity index (χ2v) is 24.1. The highest BCUT2D eigenvalue weighted by molar-refractivity contribution is 5.70. The molecule has 0 fully saturated rings. The number of quaternary nitrogens is 1. The first-order chi connectivity index (χ1) is 36.6. The summed E-state index contributed by atoms with van der Waals surface area (Å²) in [6, 6.07) is 0. The molecule has 0 aliphatic rings. The first-order valence-electron chi connectivity index (χ1n) is 33.2. The first-order valence-corrected chi connectivity index (χ1v) is 33.2. The normalized spacial score (nSPS) is 12.6. The number of likely N-dealkylation sites (N-methyl/N-ethyl adjacent to an activating group) is 1. The lowest BCUT2D eigenvalue weighted by atomic mass is 10.0. The monoisotopic (exact) mass is 1060 g/mol. The summed E-state index contributed by atoms with van der Waals surface area (Å²) in [6.07, 6.45) is 64.6. The minimum atomic E-state index is -1.61. The average Bonchev–Trinajstić information content (AvgIpc) is 3.38. The number of nitrogens with zero attached hydrogens (tertiary/aromatic N) is 1. The summed E-state index contributed by atoms with van der Waals surface area (Å²) in [5.74, 6) is -2.25. The van der Waals surface area contributed by atoms with Crippen LogP contribution in [0.1, 0.15) is 348 Å². The quantitative estimate of drug-likeness (QED) is 0.0256. The van der Waals surface area contributed by atoms with Crippen LogP contribution in [0.3, 0.4) is 0 Å². The third kappa shape index (κ3) is 59.8. The van der Waals surface area contributed by atoms with Crippen LogP contribution in [0.2, 0.25) is 0 Å². The van der Waals surface area contributed by atoms with Crippen LogP contribution >= 0.6 is 0 Å². The van der Waals surface area contributed by atoms with Gasteiger partial charge in [-0.25, -0.2) is 0 Å². The summed E-state index contributed by atoms with van der Waals surface area (Å²) in [5.41, 5.74) is 0. The highest BCUT2D eigenvalue weighted by Gasteiger charge is 2.22. The van der Waals surface area contributed by atoms with Crippen LogP contribution in [-0.4, -0.2) is 82.3 Å². The zero-order valence-electron chi connectivity index (χ0n) is 51.0. The van der Waals surface area contributed by atoms with Crippen molar-refractivity contribution < 1.29 is 42.9 Å². The van der Waals surface area contributed by atoms with E-state index in [1.807, 2.05) is 21.1 Å². The van der Waals surface area contributed by atoms with Crippen molar-refractivity contribution in [2.75, 3.05) is 47.5 Å². The zero-order chi connectivity index (χ0) is 54.8. The molecule has 0 saturated carbocycles. The fraction of sp³-hybridized carbons (Fsp3) is 0.955. The second-order valence-electron chi connectivity index (χ2n) is 24.1. The molecule has 0 aliphatic carbocycles. The number of esters is 2. The van der Waals surface area contributed by atoms with Crippen LogP contribution in [-0.2, 0) is 33.3 Å². The fourth-order valence-electron chi connectivity index (χ4n) is 10.2. The third-order valence-electron chi connectivity index (χ3n) is 15.4. The standard InChI is InChI=1S/C66H129NO8/c1-6-8-10-12-14-16-18-20-22-24-26-28-30-32-34-36-38-40-42-44-46-48-50-52-54-56-63(68)73-60-62(61-74-66(65(70)71)72-59-58-67(3,4)5)75-64(69)57-55-53-51-49-47-45-43-41-39-37-35-33-31-29-27-25-23-21-19-17-15-13-11-9-7-2/h62,66H,6-61H2,1-5H3. The van der Waals surface area contributed by atoms with Crippen molar-refractivity contribution in [2.24, 2.45) is 0 Å². The fourth-order valence-corrected chi connectivity index (χ4v) is 10.2. The molecule has 0 heterocycles. The Labute approximate surface area is 466 Å². The zero-order valence-corrected chi connectivity index (χ0v) is 51.0. The molecule has 446 valence electrons. The SMILES string of the molecule is CCCCCCCCCCCCCCCCCCCCCCCCCCCC(=O)OCC(COC(OCC[N+](C)(C)C)C(=O)[O-])OC(=O)CCCCCCCCCCCCCCCCCCCCCCCCCCC. The molecule has 9 heteroatoms. The Morgan fingerprint density at radius 3 is 0.853 bits per heavy atom. The van der Waals surface area contributed by atoms with Gasteiger partial charge in [0.1, 0.15) is 13.2 Å². The lowest BCUT2D eigenvalue weighted by Crippen LogP contribution is -2.44. The molecule has 0 spiro atoms. The van der Waals surface area contributed by atoms with Crippen molar-refractivity contribution in [1.29, 1.82) is 0 Å². The predicted molar refractivity (Wildman–Crippen MR) is 316 cm³/mol. The third-order valence-corrected chi connectivity index (χ3v) is 15.4. The van der Waals surface area contributed by atoms with E-state index < -0.39 is 24.3 Å². The van der Waals surface area contributed by atoms with Gasteiger partial charge in [-0.1, -0.05) is 322 Å². The maximum absolute atomic E-state index is 12.9. The molecule has 0 saturated heterocycles. The van der Waals surface area contributed by atoms with Gasteiger partial charge in [-0.2, -0.15) is 0 Å². The largest absolute Gasteiger partial charge is 0.545 e. The molecule has 0 rings (SSSR count). The summed E-state index contributed by atoms with van der Waals surface area (Å²) in [6.45, 7) is 4.84. The molecule has 0 aliphatic heterocycles. The number of carbonyl (C=O) groups is 3. The van der Waals surface area contributed by atoms with Gasteiger partial charge in [-0.05, 0) is 12.8 Å². The lowest BCUT2D eigenvalue weighted by Gasteiger charge is -2.26. The smallest absolute Gasteiger partial charge is 0.306 e. The number of carbonyl (C=O) groups excluding carboxylic acids is 3. The number of aliphatic carboxylic acids is 1. The van der Waals surface area contributed by atoms with Crippen LogP contribution in [0.4, 0.5) is 0 Å². The van der Waals surface area contributed by atoms with Gasteiger partial charge in [0.15, 0.2) is 12.4 Å². The molecule has 9 nitrogen and oxygen atoms in total. The van der Waals surface area contributed by atoms with E-state index in [1.54, 1.807) is 0 Å². The molecule has 0 aromatic carbocycles. The van der Waals surface area contributed by atoms with Gasteiger partial charge in [0.05, 0.1) is 40.3 Å². The van der Waals surface area contributed by atoms with Gasteiger partial charge in [0.25, 0.3) is 0 Å². The minimum absolute atomic E-state index is 0.154. The number of carboxylic acid groups (broad SMARTS) is 1. The number of unbranched alkanes of at least 4 members (excludes halogenated alkanes) is 48. The minimum Gasteiger partial charge on any atom is -0.545 e. The van der Waals surface area contributed by atoms with E-state index >= 15 is 0 Å². The molecule has 75 heavy (non-hydrogen) atoms. The molecule has 0 amide bonds.